The molecule has 0 heterocycles. The van der Waals surface area contributed by atoms with Gasteiger partial charge in [-0.3, -0.25) is 10.1 Å². The number of alkyl carbamates (subject to hydrolysis) is 1. The van der Waals surface area contributed by atoms with Crippen LogP contribution >= 0.6 is 0 Å². The van der Waals surface area contributed by atoms with Gasteiger partial charge in [0.25, 0.3) is 5.69 Å². The number of hydrogen-bond acceptors (Lipinski definition) is 6. The molecule has 0 radical (unpaired) electrons. The summed E-state index contributed by atoms with van der Waals surface area (Å²) in [6.07, 6.45) is -0.556. The molecule has 3 aromatic rings. The number of nitrogens with zero attached hydrogens (tertiary/aromatic N) is 2. The number of nitriles is 1. The minimum atomic E-state index is -0.971. The van der Waals surface area contributed by atoms with Crippen LogP contribution in [0.25, 0.3) is 16.3 Å². The van der Waals surface area contributed by atoms with Gasteiger partial charge >= 0.3 is 6.09 Å². The summed E-state index contributed by atoms with van der Waals surface area (Å²) in [5.74, 6) is -0.365. The first-order valence-electron chi connectivity index (χ1n) is 10.6. The summed E-state index contributed by atoms with van der Waals surface area (Å²) in [5.41, 5.74) is 0.122. The monoisotopic (exact) mass is 459 g/mol. The van der Waals surface area contributed by atoms with E-state index in [9.17, 15) is 25.3 Å². The van der Waals surface area contributed by atoms with Crippen LogP contribution < -0.4 is 5.32 Å². The molecule has 1 amide bonds. The molecule has 0 fully saturated rings. The van der Waals surface area contributed by atoms with Gasteiger partial charge in [-0.2, -0.15) is 5.26 Å². The van der Waals surface area contributed by atoms with Crippen molar-refractivity contribution < 1.29 is 19.6 Å². The number of amides is 1. The lowest BCUT2D eigenvalue weighted by molar-refractivity contribution is -0.384. The summed E-state index contributed by atoms with van der Waals surface area (Å²) in [7, 11) is 0. The number of rotatable bonds is 6. The normalized spacial score (nSPS) is 12.9. The fourth-order valence-corrected chi connectivity index (χ4v) is 3.46. The Labute approximate surface area is 197 Å². The molecule has 2 N–H and O–H groups in total. The average molecular weight is 460 g/mol. The predicted molar refractivity (Wildman–Crippen MR) is 129 cm³/mol. The number of carbonyl (C=O) groups is 1. The van der Waals surface area contributed by atoms with E-state index in [1.807, 2.05) is 48.5 Å². The lowest BCUT2D eigenvalue weighted by atomic mass is 9.96. The van der Waals surface area contributed by atoms with Crippen molar-refractivity contribution in [1.29, 1.82) is 5.26 Å². The number of nitro benzene ring substituents is 1. The van der Waals surface area contributed by atoms with E-state index >= 15 is 0 Å². The van der Waals surface area contributed by atoms with Crippen LogP contribution in [0.3, 0.4) is 0 Å². The van der Waals surface area contributed by atoms with Gasteiger partial charge < -0.3 is 15.2 Å². The van der Waals surface area contributed by atoms with Crippen LogP contribution in [0.15, 0.2) is 72.5 Å². The van der Waals surface area contributed by atoms with Gasteiger partial charge in [0.2, 0.25) is 0 Å². The number of benzene rings is 3. The number of aliphatic hydroxyl groups excluding tert-OH is 1. The number of aliphatic hydroxyl groups is 1. The average Bonchev–Trinajstić information content (AvgIpc) is 2.78. The number of carbonyl (C=O) groups excluding carboxylic acids is 1. The van der Waals surface area contributed by atoms with Crippen LogP contribution in [-0.2, 0) is 11.2 Å². The van der Waals surface area contributed by atoms with Crippen LogP contribution in [0, 0.1) is 21.4 Å². The molecule has 0 saturated carbocycles. The molecule has 0 aromatic heterocycles. The van der Waals surface area contributed by atoms with E-state index in [2.05, 4.69) is 5.32 Å². The Kier molecular flexibility index (Phi) is 7.17. The van der Waals surface area contributed by atoms with E-state index in [4.69, 9.17) is 4.74 Å². The third-order valence-corrected chi connectivity index (χ3v) is 5.01. The maximum absolute atomic E-state index is 12.5. The molecule has 0 unspecified atom stereocenters. The van der Waals surface area contributed by atoms with Crippen LogP contribution in [0.1, 0.15) is 31.9 Å². The molecule has 0 saturated heterocycles. The lowest BCUT2D eigenvalue weighted by Gasteiger charge is -2.24. The molecule has 0 spiro atoms. The SMILES string of the molecule is CC(C)(C)OC(=O)N[C@@H](Cc1ccc2ccccc2c1)/C(O)=C(\C#N)c1ccc([N+](=O)[O-])cc1. The Hall–Kier alpha value is -4.38. The van der Waals surface area contributed by atoms with Crippen LogP contribution in [0.4, 0.5) is 10.5 Å². The van der Waals surface area contributed by atoms with Gasteiger partial charge in [0, 0.05) is 18.6 Å². The second kappa shape index (κ2) is 10.0. The van der Waals surface area contributed by atoms with Gasteiger partial charge in [0.15, 0.2) is 0 Å². The quantitative estimate of drug-likeness (QED) is 0.211. The van der Waals surface area contributed by atoms with E-state index in [0.29, 0.717) is 5.56 Å². The van der Waals surface area contributed by atoms with Crippen molar-refractivity contribution in [2.75, 3.05) is 0 Å². The standard InChI is InChI=1S/C26H25N3O5/c1-26(2,3)34-25(31)28-23(15-17-8-9-18-6-4-5-7-20(18)14-17)24(30)22(16-27)19-10-12-21(13-11-19)29(32)33/h4-14,23,30H,15H2,1-3H3,(H,28,31)/b24-22-/t23-/m0/s1. The van der Waals surface area contributed by atoms with E-state index < -0.39 is 22.7 Å². The van der Waals surface area contributed by atoms with Gasteiger partial charge in [-0.05, 0) is 54.8 Å². The van der Waals surface area contributed by atoms with Crippen LogP contribution in [0.5, 0.6) is 0 Å². The summed E-state index contributed by atoms with van der Waals surface area (Å²) < 4.78 is 5.35. The van der Waals surface area contributed by atoms with Crippen molar-refractivity contribution in [2.24, 2.45) is 0 Å². The number of allylic oxidation sites excluding steroid dienone is 1. The fraction of sp³-hybridized carbons (Fsp3) is 0.231. The lowest BCUT2D eigenvalue weighted by Crippen LogP contribution is -2.41. The molecule has 0 aliphatic rings. The molecular weight excluding hydrogens is 434 g/mol. The first-order chi connectivity index (χ1) is 16.1. The highest BCUT2D eigenvalue weighted by Crippen LogP contribution is 2.24. The Morgan fingerprint density at radius 3 is 2.35 bits per heavy atom. The summed E-state index contributed by atoms with van der Waals surface area (Å²) in [5, 5.41) is 36.5. The summed E-state index contributed by atoms with van der Waals surface area (Å²) in [6, 6.07) is 19.8. The minimum Gasteiger partial charge on any atom is -0.509 e. The molecule has 3 rings (SSSR count). The second-order valence-corrected chi connectivity index (χ2v) is 8.76. The highest BCUT2D eigenvalue weighted by atomic mass is 16.6. The number of fused-ring (bicyclic) bond motifs is 1. The molecule has 3 aromatic carbocycles. The molecular formula is C26H25N3O5. The highest BCUT2D eigenvalue weighted by molar-refractivity contribution is 5.83. The zero-order chi connectivity index (χ0) is 24.9. The highest BCUT2D eigenvalue weighted by Gasteiger charge is 2.25. The van der Waals surface area contributed by atoms with E-state index in [-0.39, 0.29) is 23.4 Å². The Morgan fingerprint density at radius 2 is 1.76 bits per heavy atom. The largest absolute Gasteiger partial charge is 0.509 e. The number of hydrogen-bond donors (Lipinski definition) is 2. The summed E-state index contributed by atoms with van der Waals surface area (Å²) in [4.78, 5) is 22.9. The van der Waals surface area contributed by atoms with Gasteiger partial charge in [0.05, 0.1) is 16.5 Å². The Morgan fingerprint density at radius 1 is 1.12 bits per heavy atom. The maximum Gasteiger partial charge on any atom is 0.408 e. The van der Waals surface area contributed by atoms with E-state index in [1.54, 1.807) is 20.8 Å². The van der Waals surface area contributed by atoms with Gasteiger partial charge in [0.1, 0.15) is 17.4 Å². The molecule has 34 heavy (non-hydrogen) atoms. The zero-order valence-corrected chi connectivity index (χ0v) is 19.1. The molecule has 8 nitrogen and oxygen atoms in total. The van der Waals surface area contributed by atoms with E-state index in [0.717, 1.165) is 16.3 Å². The second-order valence-electron chi connectivity index (χ2n) is 8.76. The number of nitro groups is 1. The summed E-state index contributed by atoms with van der Waals surface area (Å²) in [6.45, 7) is 5.16. The Bertz CT molecular complexity index is 1280. The number of nitrogens with one attached hydrogen (secondary N) is 1. The molecule has 0 bridgehead atoms. The molecule has 0 aliphatic carbocycles. The van der Waals surface area contributed by atoms with Gasteiger partial charge in [-0.1, -0.05) is 42.5 Å². The summed E-state index contributed by atoms with van der Waals surface area (Å²) >= 11 is 0. The van der Waals surface area contributed by atoms with E-state index in [1.165, 1.54) is 24.3 Å². The van der Waals surface area contributed by atoms with Gasteiger partial charge in [-0.15, -0.1) is 0 Å². The smallest absolute Gasteiger partial charge is 0.408 e. The van der Waals surface area contributed by atoms with Crippen molar-refractivity contribution in [3.05, 3.63) is 93.7 Å². The zero-order valence-electron chi connectivity index (χ0n) is 19.1. The van der Waals surface area contributed by atoms with Crippen LogP contribution in [0.2, 0.25) is 0 Å². The van der Waals surface area contributed by atoms with Gasteiger partial charge in [-0.25, -0.2) is 4.79 Å². The molecule has 0 aliphatic heterocycles. The van der Waals surface area contributed by atoms with Crippen LogP contribution in [-0.4, -0.2) is 27.8 Å². The Balaban J connectivity index is 1.99. The number of ether oxygens (including phenoxy) is 1. The minimum absolute atomic E-state index is 0.100. The van der Waals surface area contributed by atoms with Crippen molar-refractivity contribution in [1.82, 2.24) is 5.32 Å². The third kappa shape index (κ3) is 6.11. The van der Waals surface area contributed by atoms with Crippen molar-refractivity contribution >= 4 is 28.1 Å². The topological polar surface area (TPSA) is 125 Å². The molecule has 1 atom stereocenters. The van der Waals surface area contributed by atoms with Crippen molar-refractivity contribution in [3.63, 3.8) is 0 Å². The third-order valence-electron chi connectivity index (χ3n) is 5.01. The first kappa shape index (κ1) is 24.3. The first-order valence-corrected chi connectivity index (χ1v) is 10.6. The number of non-ortho nitro benzene ring substituents is 1. The predicted octanol–water partition coefficient (Wildman–Crippen LogP) is 5.68. The fourth-order valence-electron chi connectivity index (χ4n) is 3.46. The van der Waals surface area contributed by atoms with Crippen molar-refractivity contribution in [3.8, 4) is 6.07 Å². The molecule has 8 heteroatoms. The van der Waals surface area contributed by atoms with Crippen molar-refractivity contribution in [2.45, 2.75) is 38.8 Å². The maximum atomic E-state index is 12.5. The molecule has 174 valence electrons.